The van der Waals surface area contributed by atoms with Crippen molar-refractivity contribution < 1.29 is 18.3 Å². The van der Waals surface area contributed by atoms with Crippen molar-refractivity contribution >= 4 is 11.6 Å². The second-order valence-corrected chi connectivity index (χ2v) is 6.46. The molecule has 1 aliphatic heterocycles. The molecule has 2 aromatic carbocycles. The zero-order chi connectivity index (χ0) is 18.7. The quantitative estimate of drug-likeness (QED) is 0.871. The van der Waals surface area contributed by atoms with Crippen LogP contribution in [0.5, 0.6) is 5.75 Å². The Morgan fingerprint density at radius 2 is 1.92 bits per heavy atom. The molecule has 0 aromatic heterocycles. The third-order valence-electron chi connectivity index (χ3n) is 4.86. The van der Waals surface area contributed by atoms with E-state index in [-0.39, 0.29) is 17.6 Å². The summed E-state index contributed by atoms with van der Waals surface area (Å²) in [5, 5.41) is 2.67. The first-order chi connectivity index (χ1) is 12.5. The number of nitrogens with one attached hydrogen (secondary N) is 1. The van der Waals surface area contributed by atoms with Crippen LogP contribution < -0.4 is 10.1 Å². The Bertz CT molecular complexity index is 780. The second-order valence-electron chi connectivity index (χ2n) is 6.46. The summed E-state index contributed by atoms with van der Waals surface area (Å²) >= 11 is 0. The van der Waals surface area contributed by atoms with Crippen LogP contribution in [0, 0.1) is 11.6 Å². The number of rotatable bonds is 5. The summed E-state index contributed by atoms with van der Waals surface area (Å²) in [5.41, 5.74) is 1.39. The Morgan fingerprint density at radius 3 is 2.58 bits per heavy atom. The Morgan fingerprint density at radius 1 is 1.19 bits per heavy atom. The number of amides is 1. The number of nitrogens with zero attached hydrogens (tertiary/aromatic N) is 1. The summed E-state index contributed by atoms with van der Waals surface area (Å²) in [4.78, 5) is 14.7. The molecule has 4 nitrogen and oxygen atoms in total. The Balaban J connectivity index is 1.71. The number of carbonyl (C=O) groups excluding carboxylic acids is 1. The Kier molecular flexibility index (Phi) is 5.52. The molecule has 6 heteroatoms. The summed E-state index contributed by atoms with van der Waals surface area (Å²) in [6.07, 6.45) is 1.97. The van der Waals surface area contributed by atoms with Gasteiger partial charge in [0.2, 0.25) is 5.91 Å². The summed E-state index contributed by atoms with van der Waals surface area (Å²) in [6, 6.07) is 11.0. The predicted molar refractivity (Wildman–Crippen MR) is 96.1 cm³/mol. The van der Waals surface area contributed by atoms with E-state index in [0.717, 1.165) is 42.8 Å². The molecule has 2 atom stereocenters. The van der Waals surface area contributed by atoms with Gasteiger partial charge in [0.1, 0.15) is 5.75 Å². The lowest BCUT2D eigenvalue weighted by molar-refractivity contribution is -0.121. The maximum Gasteiger partial charge on any atom is 0.241 e. The van der Waals surface area contributed by atoms with E-state index in [4.69, 9.17) is 4.74 Å². The number of anilines is 1. The number of benzene rings is 2. The van der Waals surface area contributed by atoms with E-state index in [9.17, 15) is 13.6 Å². The molecule has 1 amide bonds. The standard InChI is InChI=1S/C20H22F2N2O2/c1-13(20(25)23-15-7-10-17(21)18(22)12-15)24-11-3-4-19(24)14-5-8-16(26-2)9-6-14/h5-10,12-13,19H,3-4,11H2,1-2H3,(H,23,25)/t13-,19+/m1/s1. The van der Waals surface area contributed by atoms with Gasteiger partial charge in [0.25, 0.3) is 0 Å². The minimum atomic E-state index is -0.979. The lowest BCUT2D eigenvalue weighted by Gasteiger charge is -2.30. The van der Waals surface area contributed by atoms with Gasteiger partial charge < -0.3 is 10.1 Å². The molecule has 1 heterocycles. The minimum Gasteiger partial charge on any atom is -0.497 e. The van der Waals surface area contributed by atoms with Crippen LogP contribution in [0.25, 0.3) is 0 Å². The monoisotopic (exact) mass is 360 g/mol. The summed E-state index contributed by atoms with van der Waals surface area (Å²) in [5.74, 6) is -1.36. The van der Waals surface area contributed by atoms with Crippen molar-refractivity contribution in [1.82, 2.24) is 4.90 Å². The van der Waals surface area contributed by atoms with Crippen LogP contribution in [0.15, 0.2) is 42.5 Å². The van der Waals surface area contributed by atoms with Gasteiger partial charge in [0.05, 0.1) is 13.2 Å². The molecule has 2 aromatic rings. The molecule has 0 saturated carbocycles. The molecular formula is C20H22F2N2O2. The van der Waals surface area contributed by atoms with Crippen LogP contribution in [-0.4, -0.2) is 30.5 Å². The molecule has 1 saturated heterocycles. The minimum absolute atomic E-state index is 0.145. The van der Waals surface area contributed by atoms with Gasteiger partial charge in [-0.2, -0.15) is 0 Å². The molecule has 138 valence electrons. The van der Waals surface area contributed by atoms with Gasteiger partial charge in [0.15, 0.2) is 11.6 Å². The maximum absolute atomic E-state index is 13.3. The van der Waals surface area contributed by atoms with Crippen molar-refractivity contribution in [3.63, 3.8) is 0 Å². The van der Waals surface area contributed by atoms with Gasteiger partial charge in [-0.05, 0) is 56.1 Å². The van der Waals surface area contributed by atoms with Gasteiger partial charge in [-0.25, -0.2) is 8.78 Å². The smallest absolute Gasteiger partial charge is 0.241 e. The molecule has 0 radical (unpaired) electrons. The largest absolute Gasteiger partial charge is 0.497 e. The fourth-order valence-electron chi connectivity index (χ4n) is 3.41. The number of halogens is 2. The van der Waals surface area contributed by atoms with Crippen LogP contribution >= 0.6 is 0 Å². The lowest BCUT2D eigenvalue weighted by atomic mass is 10.0. The highest BCUT2D eigenvalue weighted by Gasteiger charge is 2.33. The molecule has 1 N–H and O–H groups in total. The van der Waals surface area contributed by atoms with E-state index in [1.54, 1.807) is 7.11 Å². The van der Waals surface area contributed by atoms with Gasteiger partial charge in [-0.1, -0.05) is 12.1 Å². The van der Waals surface area contributed by atoms with Crippen molar-refractivity contribution in [2.24, 2.45) is 0 Å². The van der Waals surface area contributed by atoms with E-state index in [2.05, 4.69) is 10.2 Å². The number of hydrogen-bond acceptors (Lipinski definition) is 3. The lowest BCUT2D eigenvalue weighted by Crippen LogP contribution is -2.41. The highest BCUT2D eigenvalue weighted by Crippen LogP contribution is 2.34. The van der Waals surface area contributed by atoms with E-state index < -0.39 is 17.7 Å². The first kappa shape index (κ1) is 18.3. The van der Waals surface area contributed by atoms with Crippen LogP contribution in [0.3, 0.4) is 0 Å². The topological polar surface area (TPSA) is 41.6 Å². The molecule has 3 rings (SSSR count). The summed E-state index contributed by atoms with van der Waals surface area (Å²) in [7, 11) is 1.63. The fourth-order valence-corrected chi connectivity index (χ4v) is 3.41. The molecule has 0 aliphatic carbocycles. The average Bonchev–Trinajstić information content (AvgIpc) is 3.14. The number of methoxy groups -OCH3 is 1. The highest BCUT2D eigenvalue weighted by atomic mass is 19.2. The average molecular weight is 360 g/mol. The number of ether oxygens (including phenoxy) is 1. The number of likely N-dealkylation sites (tertiary alicyclic amines) is 1. The first-order valence-corrected chi connectivity index (χ1v) is 8.65. The summed E-state index contributed by atoms with van der Waals surface area (Å²) < 4.78 is 31.6. The van der Waals surface area contributed by atoms with Crippen LogP contribution in [-0.2, 0) is 4.79 Å². The Hall–Kier alpha value is -2.47. The summed E-state index contributed by atoms with van der Waals surface area (Å²) in [6.45, 7) is 2.64. The third-order valence-corrected chi connectivity index (χ3v) is 4.86. The van der Waals surface area contributed by atoms with E-state index in [1.807, 2.05) is 31.2 Å². The third kappa shape index (κ3) is 3.85. The first-order valence-electron chi connectivity index (χ1n) is 8.65. The Labute approximate surface area is 151 Å². The van der Waals surface area contributed by atoms with E-state index in [0.29, 0.717) is 0 Å². The van der Waals surface area contributed by atoms with E-state index in [1.165, 1.54) is 6.07 Å². The van der Waals surface area contributed by atoms with Crippen molar-refractivity contribution in [3.05, 3.63) is 59.7 Å². The van der Waals surface area contributed by atoms with Crippen LogP contribution in [0.1, 0.15) is 31.4 Å². The van der Waals surface area contributed by atoms with Gasteiger partial charge in [-0.15, -0.1) is 0 Å². The zero-order valence-electron chi connectivity index (χ0n) is 14.8. The zero-order valence-corrected chi connectivity index (χ0v) is 14.8. The molecule has 0 bridgehead atoms. The van der Waals surface area contributed by atoms with Crippen molar-refractivity contribution in [2.75, 3.05) is 19.0 Å². The normalized spacial score (nSPS) is 18.5. The molecule has 26 heavy (non-hydrogen) atoms. The van der Waals surface area contributed by atoms with Crippen molar-refractivity contribution in [2.45, 2.75) is 31.8 Å². The second kappa shape index (κ2) is 7.83. The molecule has 1 aliphatic rings. The van der Waals surface area contributed by atoms with Gasteiger partial charge in [0, 0.05) is 17.8 Å². The maximum atomic E-state index is 13.3. The van der Waals surface area contributed by atoms with Gasteiger partial charge in [-0.3, -0.25) is 9.69 Å². The molecule has 1 fully saturated rings. The van der Waals surface area contributed by atoms with Crippen LogP contribution in [0.4, 0.5) is 14.5 Å². The van der Waals surface area contributed by atoms with Crippen molar-refractivity contribution in [1.29, 1.82) is 0 Å². The van der Waals surface area contributed by atoms with E-state index >= 15 is 0 Å². The highest BCUT2D eigenvalue weighted by molar-refractivity contribution is 5.94. The fraction of sp³-hybridized carbons (Fsp3) is 0.350. The predicted octanol–water partition coefficient (Wildman–Crippen LogP) is 4.14. The molecule has 0 spiro atoms. The SMILES string of the molecule is COc1ccc([C@@H]2CCCN2[C@H](C)C(=O)Nc2ccc(F)c(F)c2)cc1. The van der Waals surface area contributed by atoms with Gasteiger partial charge >= 0.3 is 0 Å². The number of hydrogen-bond donors (Lipinski definition) is 1. The molecular weight excluding hydrogens is 338 g/mol. The van der Waals surface area contributed by atoms with Crippen LogP contribution in [0.2, 0.25) is 0 Å². The number of carbonyl (C=O) groups is 1. The molecule has 0 unspecified atom stereocenters. The van der Waals surface area contributed by atoms with Crippen molar-refractivity contribution in [3.8, 4) is 5.75 Å².